The molecule has 0 aliphatic rings. The summed E-state index contributed by atoms with van der Waals surface area (Å²) in [5.41, 5.74) is -0.883. The van der Waals surface area contributed by atoms with E-state index in [9.17, 15) is 21.6 Å². The van der Waals surface area contributed by atoms with E-state index in [1.807, 2.05) is 0 Å². The molecule has 0 aliphatic heterocycles. The molecular weight excluding hydrogens is 321 g/mol. The molecule has 0 unspecified atom stereocenters. The molecule has 1 aromatic heterocycles. The fourth-order valence-electron chi connectivity index (χ4n) is 1.90. The van der Waals surface area contributed by atoms with Gasteiger partial charge in [0.05, 0.1) is 22.7 Å². The lowest BCUT2D eigenvalue weighted by atomic mass is 10.2. The average molecular weight is 334 g/mol. The summed E-state index contributed by atoms with van der Waals surface area (Å²) in [4.78, 5) is -0.787. The van der Waals surface area contributed by atoms with Gasteiger partial charge in [0.2, 0.25) is 10.0 Å². The molecular formula is C13H13F3N2O3S. The molecule has 0 atom stereocenters. The molecule has 0 N–H and O–H groups in total. The summed E-state index contributed by atoms with van der Waals surface area (Å²) < 4.78 is 69.3. The summed E-state index contributed by atoms with van der Waals surface area (Å²) in [5.74, 6) is 0.483. The standard InChI is InChI=1S/C13H13F3N2O3S/c1-9-7-10(17-21-9)8-18(2)22(19,20)12-6-4-3-5-11(12)13(14,15)16/h3-7H,8H2,1-2H3. The molecule has 0 spiro atoms. The number of rotatable bonds is 4. The molecule has 5 nitrogen and oxygen atoms in total. The van der Waals surface area contributed by atoms with Crippen LogP contribution in [0.4, 0.5) is 13.2 Å². The minimum Gasteiger partial charge on any atom is -0.361 e. The van der Waals surface area contributed by atoms with Gasteiger partial charge in [0, 0.05) is 13.1 Å². The predicted octanol–water partition coefficient (Wildman–Crippen LogP) is 2.82. The topological polar surface area (TPSA) is 63.4 Å². The second-order valence-electron chi connectivity index (χ2n) is 4.68. The number of benzene rings is 1. The van der Waals surface area contributed by atoms with Crippen LogP contribution in [0.3, 0.4) is 0 Å². The van der Waals surface area contributed by atoms with E-state index in [0.29, 0.717) is 11.5 Å². The summed E-state index contributed by atoms with van der Waals surface area (Å²) in [6.07, 6.45) is -4.75. The molecule has 2 rings (SSSR count). The third kappa shape index (κ3) is 3.30. The summed E-state index contributed by atoms with van der Waals surface area (Å²) in [7, 11) is -3.12. The molecule has 2 aromatic rings. The first-order chi connectivity index (χ1) is 10.1. The molecule has 0 radical (unpaired) electrons. The molecule has 0 bridgehead atoms. The molecule has 1 heterocycles. The van der Waals surface area contributed by atoms with Crippen LogP contribution >= 0.6 is 0 Å². The number of hydrogen-bond donors (Lipinski definition) is 0. The highest BCUT2D eigenvalue weighted by Gasteiger charge is 2.38. The van der Waals surface area contributed by atoms with E-state index in [2.05, 4.69) is 5.16 Å². The third-order valence-electron chi connectivity index (χ3n) is 2.94. The van der Waals surface area contributed by atoms with Gasteiger partial charge < -0.3 is 4.52 Å². The van der Waals surface area contributed by atoms with Crippen LogP contribution in [0.5, 0.6) is 0 Å². The SMILES string of the molecule is Cc1cc(CN(C)S(=O)(=O)c2ccccc2C(F)(F)F)no1. The van der Waals surface area contributed by atoms with Crippen molar-refractivity contribution in [2.45, 2.75) is 24.5 Å². The number of alkyl halides is 3. The number of aromatic nitrogens is 1. The second kappa shape index (κ2) is 5.73. The molecule has 22 heavy (non-hydrogen) atoms. The van der Waals surface area contributed by atoms with Crippen LogP contribution in [0.1, 0.15) is 17.0 Å². The van der Waals surface area contributed by atoms with E-state index < -0.39 is 26.7 Å². The number of aryl methyl sites for hydroxylation is 1. The minimum atomic E-state index is -4.75. The predicted molar refractivity (Wildman–Crippen MR) is 71.3 cm³/mol. The number of halogens is 3. The van der Waals surface area contributed by atoms with Crippen molar-refractivity contribution in [2.75, 3.05) is 7.05 Å². The van der Waals surface area contributed by atoms with Gasteiger partial charge >= 0.3 is 6.18 Å². The third-order valence-corrected chi connectivity index (χ3v) is 4.80. The minimum absolute atomic E-state index is 0.189. The van der Waals surface area contributed by atoms with Crippen LogP contribution in [-0.4, -0.2) is 24.9 Å². The smallest absolute Gasteiger partial charge is 0.361 e. The Morgan fingerprint density at radius 1 is 1.27 bits per heavy atom. The molecule has 9 heteroatoms. The van der Waals surface area contributed by atoms with Gasteiger partial charge in [0.25, 0.3) is 0 Å². The maximum absolute atomic E-state index is 13.0. The molecule has 1 aromatic carbocycles. The van der Waals surface area contributed by atoms with E-state index >= 15 is 0 Å². The Morgan fingerprint density at radius 3 is 2.45 bits per heavy atom. The van der Waals surface area contributed by atoms with Gasteiger partial charge in [-0.15, -0.1) is 0 Å². The zero-order valence-corrected chi connectivity index (χ0v) is 12.6. The maximum atomic E-state index is 13.0. The average Bonchev–Trinajstić information content (AvgIpc) is 2.83. The Bertz CT molecular complexity index is 769. The monoisotopic (exact) mass is 334 g/mol. The lowest BCUT2D eigenvalue weighted by Gasteiger charge is -2.19. The highest BCUT2D eigenvalue weighted by atomic mass is 32.2. The zero-order chi connectivity index (χ0) is 16.5. The molecule has 0 saturated heterocycles. The van der Waals surface area contributed by atoms with Crippen molar-refractivity contribution in [3.05, 3.63) is 47.3 Å². The summed E-state index contributed by atoms with van der Waals surface area (Å²) >= 11 is 0. The van der Waals surface area contributed by atoms with Crippen LogP contribution in [-0.2, 0) is 22.7 Å². The van der Waals surface area contributed by atoms with Gasteiger partial charge in [-0.25, -0.2) is 8.42 Å². The van der Waals surface area contributed by atoms with Crippen molar-refractivity contribution in [1.82, 2.24) is 9.46 Å². The molecule has 120 valence electrons. The Kier molecular flexibility index (Phi) is 4.30. The summed E-state index contributed by atoms with van der Waals surface area (Å²) in [6, 6.07) is 5.57. The largest absolute Gasteiger partial charge is 0.417 e. The maximum Gasteiger partial charge on any atom is 0.417 e. The summed E-state index contributed by atoms with van der Waals surface area (Å²) in [5, 5.41) is 3.63. The zero-order valence-electron chi connectivity index (χ0n) is 11.8. The van der Waals surface area contributed by atoms with Crippen molar-refractivity contribution in [1.29, 1.82) is 0 Å². The van der Waals surface area contributed by atoms with Gasteiger partial charge in [-0.2, -0.15) is 17.5 Å². The Labute approximate surface area is 125 Å². The number of hydrogen-bond acceptors (Lipinski definition) is 4. The second-order valence-corrected chi connectivity index (χ2v) is 6.70. The summed E-state index contributed by atoms with van der Waals surface area (Å²) in [6.45, 7) is 1.44. The van der Waals surface area contributed by atoms with E-state index in [-0.39, 0.29) is 6.54 Å². The Hall–Kier alpha value is -1.87. The van der Waals surface area contributed by atoms with Crippen molar-refractivity contribution in [3.63, 3.8) is 0 Å². The molecule has 0 amide bonds. The van der Waals surface area contributed by atoms with Gasteiger partial charge in [-0.1, -0.05) is 17.3 Å². The number of sulfonamides is 1. The molecule has 0 fully saturated rings. The van der Waals surface area contributed by atoms with Crippen LogP contribution in [0.25, 0.3) is 0 Å². The van der Waals surface area contributed by atoms with Crippen molar-refractivity contribution in [3.8, 4) is 0 Å². The first-order valence-electron chi connectivity index (χ1n) is 6.17. The Balaban J connectivity index is 2.38. The van der Waals surface area contributed by atoms with Gasteiger partial charge in [0.1, 0.15) is 5.76 Å². The Morgan fingerprint density at radius 2 is 1.91 bits per heavy atom. The fraction of sp³-hybridized carbons (Fsp3) is 0.308. The highest BCUT2D eigenvalue weighted by Crippen LogP contribution is 2.35. The quantitative estimate of drug-likeness (QED) is 0.862. The van der Waals surface area contributed by atoms with Crippen molar-refractivity contribution < 1.29 is 26.1 Å². The van der Waals surface area contributed by atoms with Crippen LogP contribution in [0.15, 0.2) is 39.8 Å². The van der Waals surface area contributed by atoms with E-state index in [0.717, 1.165) is 22.5 Å². The van der Waals surface area contributed by atoms with Crippen molar-refractivity contribution >= 4 is 10.0 Å². The van der Waals surface area contributed by atoms with E-state index in [1.54, 1.807) is 6.92 Å². The lowest BCUT2D eigenvalue weighted by Crippen LogP contribution is -2.28. The van der Waals surface area contributed by atoms with Crippen LogP contribution in [0.2, 0.25) is 0 Å². The van der Waals surface area contributed by atoms with Crippen LogP contribution < -0.4 is 0 Å². The van der Waals surface area contributed by atoms with Gasteiger partial charge in [0.15, 0.2) is 0 Å². The van der Waals surface area contributed by atoms with E-state index in [1.165, 1.54) is 19.2 Å². The van der Waals surface area contributed by atoms with Gasteiger partial charge in [-0.3, -0.25) is 0 Å². The first kappa shape index (κ1) is 16.5. The highest BCUT2D eigenvalue weighted by molar-refractivity contribution is 7.89. The van der Waals surface area contributed by atoms with Gasteiger partial charge in [-0.05, 0) is 19.1 Å². The normalized spacial score (nSPS) is 12.8. The fourth-order valence-corrected chi connectivity index (χ4v) is 3.25. The number of nitrogens with zero attached hydrogens (tertiary/aromatic N) is 2. The van der Waals surface area contributed by atoms with Crippen LogP contribution in [0, 0.1) is 6.92 Å². The lowest BCUT2D eigenvalue weighted by molar-refractivity contribution is -0.139. The first-order valence-corrected chi connectivity index (χ1v) is 7.61. The molecule has 0 aliphatic carbocycles. The molecule has 0 saturated carbocycles. The van der Waals surface area contributed by atoms with E-state index in [4.69, 9.17) is 4.52 Å². The van der Waals surface area contributed by atoms with Crippen molar-refractivity contribution in [2.24, 2.45) is 0 Å².